The van der Waals surface area contributed by atoms with E-state index >= 15 is 0 Å². The third-order valence-electron chi connectivity index (χ3n) is 1.98. The van der Waals surface area contributed by atoms with Gasteiger partial charge in [-0.05, 0) is 0 Å². The summed E-state index contributed by atoms with van der Waals surface area (Å²) in [6, 6.07) is 0. The first-order valence-corrected chi connectivity index (χ1v) is 5.52. The van der Waals surface area contributed by atoms with Crippen molar-refractivity contribution in [2.45, 2.75) is 12.2 Å². The molecule has 0 saturated carbocycles. The average molecular weight is 254 g/mol. The van der Waals surface area contributed by atoms with Gasteiger partial charge in [0.2, 0.25) is 0 Å². The zero-order chi connectivity index (χ0) is 12.9. The van der Waals surface area contributed by atoms with Crippen molar-refractivity contribution in [3.05, 3.63) is 0 Å². The highest BCUT2D eigenvalue weighted by atomic mass is 16.6. The van der Waals surface area contributed by atoms with Gasteiger partial charge in [-0.25, -0.2) is 0 Å². The van der Waals surface area contributed by atoms with E-state index in [1.807, 2.05) is 0 Å². The van der Waals surface area contributed by atoms with Crippen molar-refractivity contribution in [3.8, 4) is 0 Å². The molecule has 0 aromatic heterocycles. The Morgan fingerprint density at radius 2 is 0.941 bits per heavy atom. The molecule has 0 atom stereocenters. The molecule has 0 aromatic rings. The monoisotopic (exact) mass is 254 g/mol. The number of hydrogen-bond acceptors (Lipinski definition) is 7. The molecular formula is C10H22O7. The molecule has 0 rings (SSSR count). The predicted molar refractivity (Wildman–Crippen MR) is 58.6 cm³/mol. The molecule has 0 aromatic carbocycles. The molecule has 0 aliphatic rings. The van der Waals surface area contributed by atoms with Crippen molar-refractivity contribution in [1.82, 2.24) is 0 Å². The molecule has 104 valence electrons. The molecule has 0 saturated heterocycles. The third-order valence-corrected chi connectivity index (χ3v) is 1.98. The lowest BCUT2D eigenvalue weighted by Crippen LogP contribution is -2.25. The van der Waals surface area contributed by atoms with Crippen LogP contribution in [0.4, 0.5) is 0 Å². The van der Waals surface area contributed by atoms with Crippen LogP contribution in [0.1, 0.15) is 0 Å². The lowest BCUT2D eigenvalue weighted by atomic mass is 10.4. The molecule has 0 heterocycles. The van der Waals surface area contributed by atoms with Crippen LogP contribution in [-0.2, 0) is 14.2 Å². The molecule has 4 N–H and O–H groups in total. The fourth-order valence-electron chi connectivity index (χ4n) is 0.976. The fourth-order valence-corrected chi connectivity index (χ4v) is 0.976. The number of hydrogen-bond donors (Lipinski definition) is 4. The van der Waals surface area contributed by atoms with E-state index < -0.39 is 12.2 Å². The third kappa shape index (κ3) is 9.42. The second-order valence-corrected chi connectivity index (χ2v) is 3.33. The topological polar surface area (TPSA) is 109 Å². The minimum atomic E-state index is -0.567. The molecular weight excluding hydrogens is 232 g/mol. The van der Waals surface area contributed by atoms with E-state index in [1.54, 1.807) is 0 Å². The van der Waals surface area contributed by atoms with Gasteiger partial charge in [0.15, 0.2) is 0 Å². The normalized spacial score (nSPS) is 11.6. The Labute approximate surface area is 101 Å². The van der Waals surface area contributed by atoms with E-state index in [2.05, 4.69) is 0 Å². The second-order valence-electron chi connectivity index (χ2n) is 3.33. The molecule has 0 amide bonds. The molecule has 0 spiro atoms. The Morgan fingerprint density at radius 3 is 1.24 bits per heavy atom. The first-order chi connectivity index (χ1) is 8.28. The quantitative estimate of drug-likeness (QED) is 0.291. The minimum Gasteiger partial charge on any atom is -0.394 e. The molecule has 0 aliphatic carbocycles. The standard InChI is InChI=1S/C10H22O7/c11-5-9(6-12)16-3-1-15-2-4-17-10(7-13)8-14/h9-14H,1-8H2. The first-order valence-electron chi connectivity index (χ1n) is 5.52. The van der Waals surface area contributed by atoms with E-state index in [-0.39, 0.29) is 39.6 Å². The summed E-state index contributed by atoms with van der Waals surface area (Å²) in [5.74, 6) is 0. The van der Waals surface area contributed by atoms with Crippen LogP contribution in [0.15, 0.2) is 0 Å². The van der Waals surface area contributed by atoms with Crippen LogP contribution in [0.5, 0.6) is 0 Å². The largest absolute Gasteiger partial charge is 0.394 e. The fraction of sp³-hybridized carbons (Fsp3) is 1.00. The van der Waals surface area contributed by atoms with Crippen molar-refractivity contribution in [2.24, 2.45) is 0 Å². The Balaban J connectivity index is 3.23. The minimum absolute atomic E-state index is 0.228. The highest BCUT2D eigenvalue weighted by Gasteiger charge is 2.06. The highest BCUT2D eigenvalue weighted by Crippen LogP contribution is 1.91. The summed E-state index contributed by atoms with van der Waals surface area (Å²) in [7, 11) is 0. The van der Waals surface area contributed by atoms with Crippen LogP contribution in [0.25, 0.3) is 0 Å². The predicted octanol–water partition coefficient (Wildman–Crippen LogP) is -2.26. The lowest BCUT2D eigenvalue weighted by Gasteiger charge is -2.14. The van der Waals surface area contributed by atoms with E-state index in [9.17, 15) is 0 Å². The number of rotatable bonds is 12. The van der Waals surface area contributed by atoms with Crippen molar-refractivity contribution in [3.63, 3.8) is 0 Å². The molecule has 7 heteroatoms. The molecule has 17 heavy (non-hydrogen) atoms. The zero-order valence-corrected chi connectivity index (χ0v) is 9.83. The molecule has 0 fully saturated rings. The summed E-state index contributed by atoms with van der Waals surface area (Å²) in [5.41, 5.74) is 0. The van der Waals surface area contributed by atoms with Crippen molar-refractivity contribution in [1.29, 1.82) is 0 Å². The van der Waals surface area contributed by atoms with Crippen LogP contribution < -0.4 is 0 Å². The van der Waals surface area contributed by atoms with Gasteiger partial charge in [-0.15, -0.1) is 0 Å². The van der Waals surface area contributed by atoms with Gasteiger partial charge in [-0.1, -0.05) is 0 Å². The average Bonchev–Trinajstić information content (AvgIpc) is 2.37. The molecule has 0 unspecified atom stereocenters. The van der Waals surface area contributed by atoms with Gasteiger partial charge in [0.1, 0.15) is 12.2 Å². The maximum atomic E-state index is 8.69. The first kappa shape index (κ1) is 16.7. The number of ether oxygens (including phenoxy) is 3. The Bertz CT molecular complexity index is 132. The van der Waals surface area contributed by atoms with Gasteiger partial charge in [-0.3, -0.25) is 0 Å². The summed E-state index contributed by atoms with van der Waals surface area (Å²) in [6.45, 7) is 0.279. The molecule has 7 nitrogen and oxygen atoms in total. The SMILES string of the molecule is OCC(CO)OCCOCCOC(CO)CO. The van der Waals surface area contributed by atoms with Gasteiger partial charge in [0.05, 0.1) is 52.9 Å². The van der Waals surface area contributed by atoms with E-state index in [0.717, 1.165) is 0 Å². The van der Waals surface area contributed by atoms with Crippen LogP contribution in [0, 0.1) is 0 Å². The zero-order valence-electron chi connectivity index (χ0n) is 9.83. The van der Waals surface area contributed by atoms with Crippen molar-refractivity contribution in [2.75, 3.05) is 52.9 Å². The van der Waals surface area contributed by atoms with Gasteiger partial charge in [-0.2, -0.15) is 0 Å². The maximum absolute atomic E-state index is 8.69. The summed E-state index contributed by atoms with van der Waals surface area (Å²) in [6.07, 6.45) is -1.13. The van der Waals surface area contributed by atoms with Crippen LogP contribution >= 0.6 is 0 Å². The lowest BCUT2D eigenvalue weighted by molar-refractivity contribution is -0.0635. The summed E-state index contributed by atoms with van der Waals surface area (Å²) in [5, 5.41) is 34.8. The van der Waals surface area contributed by atoms with E-state index in [4.69, 9.17) is 34.6 Å². The van der Waals surface area contributed by atoms with Crippen LogP contribution in [-0.4, -0.2) is 85.5 Å². The van der Waals surface area contributed by atoms with Gasteiger partial charge in [0.25, 0.3) is 0 Å². The Hall–Kier alpha value is -0.280. The molecule has 0 radical (unpaired) electrons. The second kappa shape index (κ2) is 12.2. The smallest absolute Gasteiger partial charge is 0.104 e. The van der Waals surface area contributed by atoms with Crippen molar-refractivity contribution >= 4 is 0 Å². The summed E-state index contributed by atoms with van der Waals surface area (Å²) >= 11 is 0. The van der Waals surface area contributed by atoms with Crippen molar-refractivity contribution < 1.29 is 34.6 Å². The van der Waals surface area contributed by atoms with Crippen LogP contribution in [0.3, 0.4) is 0 Å². The van der Waals surface area contributed by atoms with E-state index in [1.165, 1.54) is 0 Å². The maximum Gasteiger partial charge on any atom is 0.104 e. The Kier molecular flexibility index (Phi) is 12.0. The number of aliphatic hydroxyl groups is 4. The van der Waals surface area contributed by atoms with Gasteiger partial charge < -0.3 is 34.6 Å². The summed E-state index contributed by atoms with van der Waals surface area (Å²) < 4.78 is 15.3. The van der Waals surface area contributed by atoms with Crippen LogP contribution in [0.2, 0.25) is 0 Å². The molecule has 0 aliphatic heterocycles. The van der Waals surface area contributed by atoms with E-state index in [0.29, 0.717) is 13.2 Å². The highest BCUT2D eigenvalue weighted by molar-refractivity contribution is 4.52. The number of aliphatic hydroxyl groups excluding tert-OH is 4. The molecule has 0 bridgehead atoms. The van der Waals surface area contributed by atoms with Gasteiger partial charge in [0, 0.05) is 0 Å². The summed E-state index contributed by atoms with van der Waals surface area (Å²) in [4.78, 5) is 0. The van der Waals surface area contributed by atoms with Gasteiger partial charge >= 0.3 is 0 Å². The Morgan fingerprint density at radius 1 is 0.588 bits per heavy atom.